The van der Waals surface area contributed by atoms with Crippen LogP contribution in [0.5, 0.6) is 11.5 Å². The van der Waals surface area contributed by atoms with Gasteiger partial charge in [0.1, 0.15) is 11.5 Å². The van der Waals surface area contributed by atoms with Crippen LogP contribution < -0.4 is 20.1 Å². The molecule has 2 N–H and O–H groups in total. The SMILES string of the molecule is COc1ccc(CC(NC(=O)CCC2CCNC2)c2ccc(OC)cc2)cc1.Cl. The fraction of sp³-hybridized carbons (Fsp3) is 0.435. The van der Waals surface area contributed by atoms with Crippen LogP contribution in [-0.2, 0) is 11.2 Å². The molecule has 1 saturated heterocycles. The first kappa shape index (κ1) is 23.0. The molecule has 1 fully saturated rings. The van der Waals surface area contributed by atoms with E-state index in [1.54, 1.807) is 14.2 Å². The van der Waals surface area contributed by atoms with Crippen molar-refractivity contribution in [3.8, 4) is 11.5 Å². The summed E-state index contributed by atoms with van der Waals surface area (Å²) in [5, 5.41) is 6.60. The molecule has 2 atom stereocenters. The van der Waals surface area contributed by atoms with Gasteiger partial charge in [-0.25, -0.2) is 0 Å². The van der Waals surface area contributed by atoms with Crippen LogP contribution in [-0.4, -0.2) is 33.2 Å². The molecule has 0 radical (unpaired) electrons. The normalized spacial score (nSPS) is 16.6. The Morgan fingerprint density at radius 3 is 2.24 bits per heavy atom. The molecule has 5 nitrogen and oxygen atoms in total. The third kappa shape index (κ3) is 6.94. The van der Waals surface area contributed by atoms with Crippen LogP contribution in [0.25, 0.3) is 0 Å². The summed E-state index contributed by atoms with van der Waals surface area (Å²) in [6, 6.07) is 15.8. The lowest BCUT2D eigenvalue weighted by Gasteiger charge is -2.20. The molecule has 6 heteroatoms. The molecule has 158 valence electrons. The van der Waals surface area contributed by atoms with E-state index < -0.39 is 0 Å². The van der Waals surface area contributed by atoms with Gasteiger partial charge in [0.25, 0.3) is 0 Å². The predicted molar refractivity (Wildman–Crippen MR) is 118 cm³/mol. The maximum atomic E-state index is 12.6. The molecular formula is C23H31ClN2O3. The monoisotopic (exact) mass is 418 g/mol. The van der Waals surface area contributed by atoms with Crippen molar-refractivity contribution in [2.24, 2.45) is 5.92 Å². The molecule has 0 aliphatic carbocycles. The Labute approximate surface area is 179 Å². The summed E-state index contributed by atoms with van der Waals surface area (Å²) in [4.78, 5) is 12.6. The molecule has 1 aliphatic heterocycles. The van der Waals surface area contributed by atoms with Gasteiger partial charge in [-0.3, -0.25) is 4.79 Å². The first-order chi connectivity index (χ1) is 13.7. The van der Waals surface area contributed by atoms with Crippen molar-refractivity contribution in [1.29, 1.82) is 0 Å². The fourth-order valence-corrected chi connectivity index (χ4v) is 3.65. The van der Waals surface area contributed by atoms with E-state index in [4.69, 9.17) is 9.47 Å². The second-order valence-corrected chi connectivity index (χ2v) is 7.34. The van der Waals surface area contributed by atoms with Gasteiger partial charge in [0.15, 0.2) is 0 Å². The number of amides is 1. The Bertz CT molecular complexity index is 744. The summed E-state index contributed by atoms with van der Waals surface area (Å²) in [6.07, 6.45) is 3.41. The highest BCUT2D eigenvalue weighted by Crippen LogP contribution is 2.23. The lowest BCUT2D eigenvalue weighted by atomic mass is 9.97. The van der Waals surface area contributed by atoms with Gasteiger partial charge in [-0.05, 0) is 73.7 Å². The van der Waals surface area contributed by atoms with Crippen LogP contribution in [0.1, 0.15) is 36.4 Å². The number of carbonyl (C=O) groups excluding carboxylic acids is 1. The van der Waals surface area contributed by atoms with E-state index in [2.05, 4.69) is 10.6 Å². The first-order valence-electron chi connectivity index (χ1n) is 9.95. The number of carbonyl (C=O) groups is 1. The molecule has 3 rings (SSSR count). The predicted octanol–water partition coefficient (Wildman–Crippen LogP) is 3.92. The summed E-state index contributed by atoms with van der Waals surface area (Å²) in [6.45, 7) is 2.10. The van der Waals surface area contributed by atoms with Crippen LogP contribution in [0, 0.1) is 5.92 Å². The van der Waals surface area contributed by atoms with Crippen molar-refractivity contribution in [2.45, 2.75) is 31.7 Å². The summed E-state index contributed by atoms with van der Waals surface area (Å²) in [5.41, 5.74) is 2.23. The highest BCUT2D eigenvalue weighted by Gasteiger charge is 2.19. The van der Waals surface area contributed by atoms with Crippen LogP contribution in [0.3, 0.4) is 0 Å². The van der Waals surface area contributed by atoms with Crippen LogP contribution in [0.2, 0.25) is 0 Å². The average molecular weight is 419 g/mol. The molecular weight excluding hydrogens is 388 g/mol. The zero-order chi connectivity index (χ0) is 19.8. The van der Waals surface area contributed by atoms with Gasteiger partial charge in [-0.2, -0.15) is 0 Å². The van der Waals surface area contributed by atoms with E-state index in [1.165, 1.54) is 6.42 Å². The average Bonchev–Trinajstić information content (AvgIpc) is 3.26. The number of halogens is 1. The molecule has 0 bridgehead atoms. The minimum atomic E-state index is -0.0755. The van der Waals surface area contributed by atoms with E-state index in [-0.39, 0.29) is 24.4 Å². The van der Waals surface area contributed by atoms with E-state index in [1.807, 2.05) is 48.5 Å². The Morgan fingerprint density at radius 1 is 1.07 bits per heavy atom. The van der Waals surface area contributed by atoms with Gasteiger partial charge in [0, 0.05) is 6.42 Å². The molecule has 0 spiro atoms. The second kappa shape index (κ2) is 11.7. The Balaban J connectivity index is 0.00000300. The molecule has 1 amide bonds. The summed E-state index contributed by atoms with van der Waals surface area (Å²) < 4.78 is 10.5. The number of ether oxygens (including phenoxy) is 2. The van der Waals surface area contributed by atoms with Gasteiger partial charge >= 0.3 is 0 Å². The highest BCUT2D eigenvalue weighted by atomic mass is 35.5. The van der Waals surface area contributed by atoms with Crippen molar-refractivity contribution in [2.75, 3.05) is 27.3 Å². The zero-order valence-electron chi connectivity index (χ0n) is 17.1. The maximum absolute atomic E-state index is 12.6. The van der Waals surface area contributed by atoms with Crippen molar-refractivity contribution < 1.29 is 14.3 Å². The lowest BCUT2D eigenvalue weighted by Crippen LogP contribution is -2.30. The van der Waals surface area contributed by atoms with Crippen molar-refractivity contribution in [3.63, 3.8) is 0 Å². The van der Waals surface area contributed by atoms with Gasteiger partial charge in [0.05, 0.1) is 20.3 Å². The topological polar surface area (TPSA) is 59.6 Å². The van der Waals surface area contributed by atoms with Crippen molar-refractivity contribution >= 4 is 18.3 Å². The van der Waals surface area contributed by atoms with E-state index in [0.717, 1.165) is 48.6 Å². The Hall–Kier alpha value is -2.24. The second-order valence-electron chi connectivity index (χ2n) is 7.34. The third-order valence-corrected chi connectivity index (χ3v) is 5.39. The van der Waals surface area contributed by atoms with Gasteiger partial charge in [-0.15, -0.1) is 12.4 Å². The van der Waals surface area contributed by atoms with Crippen LogP contribution in [0.4, 0.5) is 0 Å². The third-order valence-electron chi connectivity index (χ3n) is 5.39. The molecule has 2 unspecified atom stereocenters. The van der Waals surface area contributed by atoms with E-state index in [0.29, 0.717) is 12.3 Å². The molecule has 1 aliphatic rings. The summed E-state index contributed by atoms with van der Waals surface area (Å²) >= 11 is 0. The minimum absolute atomic E-state index is 0. The van der Waals surface area contributed by atoms with E-state index in [9.17, 15) is 4.79 Å². The smallest absolute Gasteiger partial charge is 0.220 e. The number of rotatable bonds is 9. The van der Waals surface area contributed by atoms with Gasteiger partial charge < -0.3 is 20.1 Å². The standard InChI is InChI=1S/C23H30N2O3.ClH/c1-27-20-8-3-17(4-9-20)15-22(19-6-10-21(28-2)11-7-19)25-23(26)12-5-18-13-14-24-16-18;/h3-4,6-11,18,22,24H,5,12-16H2,1-2H3,(H,25,26);1H. The number of methoxy groups -OCH3 is 2. The number of benzene rings is 2. The van der Waals surface area contributed by atoms with Gasteiger partial charge in [0.2, 0.25) is 5.91 Å². The molecule has 0 saturated carbocycles. The molecule has 1 heterocycles. The summed E-state index contributed by atoms with van der Waals surface area (Å²) in [7, 11) is 3.32. The lowest BCUT2D eigenvalue weighted by molar-refractivity contribution is -0.122. The minimum Gasteiger partial charge on any atom is -0.497 e. The van der Waals surface area contributed by atoms with E-state index >= 15 is 0 Å². The largest absolute Gasteiger partial charge is 0.497 e. The van der Waals surface area contributed by atoms with Gasteiger partial charge in [-0.1, -0.05) is 24.3 Å². The highest BCUT2D eigenvalue weighted by molar-refractivity contribution is 5.85. The van der Waals surface area contributed by atoms with Crippen LogP contribution >= 0.6 is 12.4 Å². The number of hydrogen-bond donors (Lipinski definition) is 2. The van der Waals surface area contributed by atoms with Crippen molar-refractivity contribution in [3.05, 3.63) is 59.7 Å². The molecule has 2 aromatic carbocycles. The van der Waals surface area contributed by atoms with Crippen LogP contribution in [0.15, 0.2) is 48.5 Å². The number of hydrogen-bond acceptors (Lipinski definition) is 4. The Morgan fingerprint density at radius 2 is 1.69 bits per heavy atom. The quantitative estimate of drug-likeness (QED) is 0.648. The Kier molecular flexibility index (Phi) is 9.29. The zero-order valence-corrected chi connectivity index (χ0v) is 18.0. The molecule has 29 heavy (non-hydrogen) atoms. The maximum Gasteiger partial charge on any atom is 0.220 e. The summed E-state index contributed by atoms with van der Waals surface area (Å²) in [5.74, 6) is 2.37. The molecule has 2 aromatic rings. The fourth-order valence-electron chi connectivity index (χ4n) is 3.65. The number of nitrogens with one attached hydrogen (secondary N) is 2. The van der Waals surface area contributed by atoms with Crippen molar-refractivity contribution in [1.82, 2.24) is 10.6 Å². The first-order valence-corrected chi connectivity index (χ1v) is 9.95. The molecule has 0 aromatic heterocycles.